The summed E-state index contributed by atoms with van der Waals surface area (Å²) < 4.78 is 18.2. The molecule has 1 aromatic heterocycles. The molecule has 0 aliphatic heterocycles. The normalized spacial score (nSPS) is 12.7. The average Bonchev–Trinajstić information content (AvgIpc) is 2.70. The van der Waals surface area contributed by atoms with E-state index in [0.717, 1.165) is 15.0 Å². The van der Waals surface area contributed by atoms with Crippen LogP contribution in [0.1, 0.15) is 22.2 Å². The summed E-state index contributed by atoms with van der Waals surface area (Å²) in [5, 5.41) is 3.90. The molecule has 0 amide bonds. The van der Waals surface area contributed by atoms with Crippen LogP contribution in [-0.4, -0.2) is 9.59 Å². The molecule has 1 aromatic carbocycles. The highest BCUT2D eigenvalue weighted by atomic mass is 79.9. The van der Waals surface area contributed by atoms with E-state index in [-0.39, 0.29) is 11.9 Å². The van der Waals surface area contributed by atoms with Gasteiger partial charge in [-0.1, -0.05) is 20.4 Å². The first-order chi connectivity index (χ1) is 8.08. The first-order valence-corrected chi connectivity index (χ1v) is 6.63. The summed E-state index contributed by atoms with van der Waals surface area (Å²) in [5.41, 5.74) is 7.45. The van der Waals surface area contributed by atoms with Crippen LogP contribution in [0.15, 0.2) is 22.7 Å². The molecule has 2 N–H and O–H groups in total. The number of nitrogens with zero attached hydrogens (tertiary/aromatic N) is 2. The molecule has 2 aromatic rings. The summed E-state index contributed by atoms with van der Waals surface area (Å²) in [4.78, 5) is 0.907. The second kappa shape index (κ2) is 5.20. The molecule has 17 heavy (non-hydrogen) atoms. The summed E-state index contributed by atoms with van der Waals surface area (Å²) in [6.07, 6.45) is 0.440. The zero-order valence-electron chi connectivity index (χ0n) is 9.15. The van der Waals surface area contributed by atoms with E-state index in [1.807, 2.05) is 6.92 Å². The lowest BCUT2D eigenvalue weighted by atomic mass is 10.0. The molecule has 0 saturated heterocycles. The molecule has 0 aliphatic carbocycles. The lowest BCUT2D eigenvalue weighted by molar-refractivity contribution is 0.594. The molecule has 3 nitrogen and oxygen atoms in total. The van der Waals surface area contributed by atoms with E-state index in [0.29, 0.717) is 12.0 Å². The number of aromatic nitrogens is 2. The van der Waals surface area contributed by atoms with E-state index in [4.69, 9.17) is 5.73 Å². The van der Waals surface area contributed by atoms with Crippen molar-refractivity contribution in [3.63, 3.8) is 0 Å². The second-order valence-electron chi connectivity index (χ2n) is 3.77. The van der Waals surface area contributed by atoms with Crippen LogP contribution in [0.5, 0.6) is 0 Å². The van der Waals surface area contributed by atoms with Crippen LogP contribution in [-0.2, 0) is 6.42 Å². The molecule has 1 heterocycles. The Morgan fingerprint density at radius 3 is 2.94 bits per heavy atom. The highest BCUT2D eigenvalue weighted by Gasteiger charge is 2.15. The van der Waals surface area contributed by atoms with Crippen molar-refractivity contribution in [2.45, 2.75) is 19.4 Å². The molecule has 1 atom stereocenters. The Morgan fingerprint density at radius 1 is 1.53 bits per heavy atom. The molecule has 0 bridgehead atoms. The Bertz CT molecular complexity index is 529. The summed E-state index contributed by atoms with van der Waals surface area (Å²) in [5.74, 6) is -0.237. The first-order valence-electron chi connectivity index (χ1n) is 5.06. The molecule has 6 heteroatoms. The van der Waals surface area contributed by atoms with Gasteiger partial charge in [-0.15, -0.1) is 5.10 Å². The van der Waals surface area contributed by atoms with Crippen LogP contribution in [0.2, 0.25) is 0 Å². The Labute approximate surface area is 111 Å². The SMILES string of the molecule is Cc1nnsc1C(N)Cc1cc(Br)ccc1F. The van der Waals surface area contributed by atoms with Crippen molar-refractivity contribution in [1.82, 2.24) is 9.59 Å². The lowest BCUT2D eigenvalue weighted by Gasteiger charge is -2.10. The minimum Gasteiger partial charge on any atom is -0.323 e. The van der Waals surface area contributed by atoms with Crippen molar-refractivity contribution in [2.24, 2.45) is 5.73 Å². The molecular weight excluding hydrogens is 305 g/mol. The number of hydrogen-bond donors (Lipinski definition) is 1. The molecule has 0 aliphatic rings. The highest BCUT2D eigenvalue weighted by molar-refractivity contribution is 9.10. The zero-order chi connectivity index (χ0) is 12.4. The van der Waals surface area contributed by atoms with Crippen molar-refractivity contribution in [3.05, 3.63) is 44.6 Å². The maximum Gasteiger partial charge on any atom is 0.126 e. The van der Waals surface area contributed by atoms with Crippen LogP contribution in [0.4, 0.5) is 4.39 Å². The molecular formula is C11H11BrFN3S. The fourth-order valence-electron chi connectivity index (χ4n) is 1.61. The fourth-order valence-corrected chi connectivity index (χ4v) is 2.66. The third-order valence-electron chi connectivity index (χ3n) is 2.47. The third-order valence-corrected chi connectivity index (χ3v) is 3.92. The summed E-state index contributed by atoms with van der Waals surface area (Å²) >= 11 is 4.59. The van der Waals surface area contributed by atoms with Gasteiger partial charge >= 0.3 is 0 Å². The standard InChI is InChI=1S/C11H11BrFN3S/c1-6-11(17-16-15-6)10(14)5-7-4-8(12)2-3-9(7)13/h2-4,10H,5,14H2,1H3. The molecule has 0 radical (unpaired) electrons. The van der Waals surface area contributed by atoms with Crippen LogP contribution in [0, 0.1) is 12.7 Å². The van der Waals surface area contributed by atoms with Gasteiger partial charge in [0, 0.05) is 10.5 Å². The largest absolute Gasteiger partial charge is 0.323 e. The molecule has 0 saturated carbocycles. The van der Waals surface area contributed by atoms with Gasteiger partial charge in [-0.2, -0.15) is 0 Å². The summed E-state index contributed by atoms with van der Waals surface area (Å²) in [7, 11) is 0. The number of aryl methyl sites for hydroxylation is 1. The Morgan fingerprint density at radius 2 is 2.29 bits per heavy atom. The van der Waals surface area contributed by atoms with Gasteiger partial charge in [0.25, 0.3) is 0 Å². The molecule has 0 spiro atoms. The number of benzene rings is 1. The zero-order valence-corrected chi connectivity index (χ0v) is 11.6. The van der Waals surface area contributed by atoms with Gasteiger partial charge < -0.3 is 5.73 Å². The number of rotatable bonds is 3. The van der Waals surface area contributed by atoms with Gasteiger partial charge in [0.05, 0.1) is 10.6 Å². The second-order valence-corrected chi connectivity index (χ2v) is 5.47. The minimum absolute atomic E-state index is 0.237. The average molecular weight is 316 g/mol. The molecule has 90 valence electrons. The van der Waals surface area contributed by atoms with Gasteiger partial charge in [-0.3, -0.25) is 0 Å². The first kappa shape index (κ1) is 12.6. The highest BCUT2D eigenvalue weighted by Crippen LogP contribution is 2.24. The van der Waals surface area contributed by atoms with E-state index in [1.165, 1.54) is 17.6 Å². The summed E-state index contributed by atoms with van der Waals surface area (Å²) in [6, 6.07) is 4.59. The van der Waals surface area contributed by atoms with E-state index in [1.54, 1.807) is 12.1 Å². The predicted molar refractivity (Wildman–Crippen MR) is 69.4 cm³/mol. The van der Waals surface area contributed by atoms with Crippen LogP contribution in [0.3, 0.4) is 0 Å². The maximum absolute atomic E-state index is 13.6. The molecule has 2 rings (SSSR count). The smallest absolute Gasteiger partial charge is 0.126 e. The van der Waals surface area contributed by atoms with Gasteiger partial charge in [0.2, 0.25) is 0 Å². The van der Waals surface area contributed by atoms with Crippen LogP contribution in [0.25, 0.3) is 0 Å². The van der Waals surface area contributed by atoms with E-state index < -0.39 is 0 Å². The van der Waals surface area contributed by atoms with Crippen molar-refractivity contribution < 1.29 is 4.39 Å². The maximum atomic E-state index is 13.6. The van der Waals surface area contributed by atoms with E-state index >= 15 is 0 Å². The minimum atomic E-state index is -0.265. The monoisotopic (exact) mass is 315 g/mol. The topological polar surface area (TPSA) is 51.8 Å². The van der Waals surface area contributed by atoms with Crippen LogP contribution < -0.4 is 5.73 Å². The van der Waals surface area contributed by atoms with Crippen molar-refractivity contribution >= 4 is 27.5 Å². The molecule has 0 fully saturated rings. The number of hydrogen-bond acceptors (Lipinski definition) is 4. The predicted octanol–water partition coefficient (Wildman–Crippen LogP) is 2.99. The Balaban J connectivity index is 2.21. The Hall–Kier alpha value is -0.850. The number of halogens is 2. The Kier molecular flexibility index (Phi) is 3.86. The summed E-state index contributed by atoms with van der Waals surface area (Å²) in [6.45, 7) is 1.86. The van der Waals surface area contributed by atoms with Gasteiger partial charge in [-0.25, -0.2) is 4.39 Å². The quantitative estimate of drug-likeness (QED) is 0.947. The number of nitrogens with two attached hydrogens (primary N) is 1. The van der Waals surface area contributed by atoms with E-state index in [9.17, 15) is 4.39 Å². The third kappa shape index (κ3) is 2.88. The van der Waals surface area contributed by atoms with Crippen molar-refractivity contribution in [2.75, 3.05) is 0 Å². The van der Waals surface area contributed by atoms with Crippen molar-refractivity contribution in [3.8, 4) is 0 Å². The van der Waals surface area contributed by atoms with Crippen molar-refractivity contribution in [1.29, 1.82) is 0 Å². The molecule has 1 unspecified atom stereocenters. The van der Waals surface area contributed by atoms with E-state index in [2.05, 4.69) is 25.5 Å². The van der Waals surface area contributed by atoms with Gasteiger partial charge in [0.1, 0.15) is 5.82 Å². The fraction of sp³-hybridized carbons (Fsp3) is 0.273. The lowest BCUT2D eigenvalue weighted by Crippen LogP contribution is -2.14. The van der Waals surface area contributed by atoms with Crippen LogP contribution >= 0.6 is 27.5 Å². The van der Waals surface area contributed by atoms with Gasteiger partial charge in [-0.05, 0) is 48.6 Å². The van der Waals surface area contributed by atoms with Gasteiger partial charge in [0.15, 0.2) is 0 Å².